The number of rotatable bonds is 9. The predicted molar refractivity (Wildman–Crippen MR) is 134 cm³/mol. The number of para-hydroxylation sites is 3. The first-order chi connectivity index (χ1) is 16.7. The van der Waals surface area contributed by atoms with Crippen LogP contribution in [0.25, 0.3) is 6.08 Å². The van der Waals surface area contributed by atoms with Gasteiger partial charge in [0.05, 0.1) is 10.5 Å². The van der Waals surface area contributed by atoms with Gasteiger partial charge in [0.15, 0.2) is 0 Å². The molecule has 4 rings (SSSR count). The van der Waals surface area contributed by atoms with Crippen molar-refractivity contribution in [3.05, 3.63) is 107 Å². The Kier molecular flexibility index (Phi) is 7.12. The third-order valence-electron chi connectivity index (χ3n) is 4.43. The summed E-state index contributed by atoms with van der Waals surface area (Å²) in [4.78, 5) is 23.8. The molecule has 0 saturated heterocycles. The highest BCUT2D eigenvalue weighted by atomic mass is 16.6. The summed E-state index contributed by atoms with van der Waals surface area (Å²) in [5.74, 6) is 0.864. The van der Waals surface area contributed by atoms with Gasteiger partial charge in [0.25, 0.3) is 5.69 Å². The summed E-state index contributed by atoms with van der Waals surface area (Å²) in [5.41, 5.74) is 4.90. The highest BCUT2D eigenvalue weighted by molar-refractivity contribution is 5.80. The predicted octanol–water partition coefficient (Wildman–Crippen LogP) is 5.38. The van der Waals surface area contributed by atoms with E-state index in [2.05, 4.69) is 36.1 Å². The number of anilines is 5. The van der Waals surface area contributed by atoms with Crippen molar-refractivity contribution in [3.63, 3.8) is 0 Å². The largest absolute Gasteiger partial charge is 0.324 e. The molecule has 3 aromatic carbocycles. The van der Waals surface area contributed by atoms with Crippen LogP contribution >= 0.6 is 0 Å². The Morgan fingerprint density at radius 1 is 0.735 bits per heavy atom. The minimum absolute atomic E-state index is 0.0193. The SMILES string of the molecule is O=[N+]([O-])c1ccccc1/C=C/C=N/Nc1nc(Nc2ccccc2)nc(Nc2ccccc2)n1. The Morgan fingerprint density at radius 3 is 1.85 bits per heavy atom. The van der Waals surface area contributed by atoms with Crippen molar-refractivity contribution >= 4 is 47.2 Å². The monoisotopic (exact) mass is 452 g/mol. The number of benzene rings is 3. The second kappa shape index (κ2) is 11.0. The zero-order chi connectivity index (χ0) is 23.6. The second-order valence-electron chi connectivity index (χ2n) is 6.85. The van der Waals surface area contributed by atoms with Crippen molar-refractivity contribution in [2.24, 2.45) is 5.10 Å². The molecule has 0 bridgehead atoms. The van der Waals surface area contributed by atoms with Crippen molar-refractivity contribution < 1.29 is 4.92 Å². The quantitative estimate of drug-likeness (QED) is 0.175. The zero-order valence-electron chi connectivity index (χ0n) is 17.9. The van der Waals surface area contributed by atoms with Gasteiger partial charge < -0.3 is 10.6 Å². The van der Waals surface area contributed by atoms with E-state index in [1.165, 1.54) is 12.3 Å². The number of hydrogen-bond acceptors (Lipinski definition) is 9. The maximum absolute atomic E-state index is 11.1. The average molecular weight is 452 g/mol. The normalized spacial score (nSPS) is 10.9. The van der Waals surface area contributed by atoms with E-state index in [4.69, 9.17) is 0 Å². The molecule has 3 N–H and O–H groups in total. The van der Waals surface area contributed by atoms with Gasteiger partial charge >= 0.3 is 0 Å². The van der Waals surface area contributed by atoms with Gasteiger partial charge in [-0.3, -0.25) is 10.1 Å². The van der Waals surface area contributed by atoms with E-state index in [0.717, 1.165) is 11.4 Å². The fourth-order valence-corrected chi connectivity index (χ4v) is 2.92. The molecule has 0 unspecified atom stereocenters. The van der Waals surface area contributed by atoms with Crippen molar-refractivity contribution in [3.8, 4) is 0 Å². The number of hydrazone groups is 1. The summed E-state index contributed by atoms with van der Waals surface area (Å²) in [7, 11) is 0. The van der Waals surface area contributed by atoms with Crippen LogP contribution in [0.1, 0.15) is 5.56 Å². The molecule has 0 atom stereocenters. The van der Waals surface area contributed by atoms with E-state index in [0.29, 0.717) is 17.5 Å². The zero-order valence-corrected chi connectivity index (χ0v) is 17.9. The number of nitro groups is 1. The highest BCUT2D eigenvalue weighted by Crippen LogP contribution is 2.19. The Balaban J connectivity index is 1.51. The summed E-state index contributed by atoms with van der Waals surface area (Å²) in [5, 5.41) is 21.5. The Morgan fingerprint density at radius 2 is 1.26 bits per heavy atom. The van der Waals surface area contributed by atoms with Crippen molar-refractivity contribution in [1.82, 2.24) is 15.0 Å². The van der Waals surface area contributed by atoms with Crippen LogP contribution in [0.4, 0.5) is 34.9 Å². The van der Waals surface area contributed by atoms with Crippen LogP contribution in [-0.4, -0.2) is 26.1 Å². The molecule has 168 valence electrons. The number of nitrogens with zero attached hydrogens (tertiary/aromatic N) is 5. The Labute approximate surface area is 195 Å². The van der Waals surface area contributed by atoms with E-state index in [-0.39, 0.29) is 11.6 Å². The van der Waals surface area contributed by atoms with Gasteiger partial charge in [-0.15, -0.1) is 0 Å². The average Bonchev–Trinajstić information content (AvgIpc) is 2.85. The maximum Gasteiger partial charge on any atom is 0.276 e. The van der Waals surface area contributed by atoms with Crippen molar-refractivity contribution in [2.45, 2.75) is 0 Å². The van der Waals surface area contributed by atoms with E-state index >= 15 is 0 Å². The van der Waals surface area contributed by atoms with Crippen LogP contribution < -0.4 is 16.1 Å². The van der Waals surface area contributed by atoms with Crippen LogP contribution in [0.2, 0.25) is 0 Å². The van der Waals surface area contributed by atoms with E-state index in [1.807, 2.05) is 60.7 Å². The molecule has 1 heterocycles. The second-order valence-corrected chi connectivity index (χ2v) is 6.85. The summed E-state index contributed by atoms with van der Waals surface area (Å²) < 4.78 is 0. The van der Waals surface area contributed by atoms with E-state index in [9.17, 15) is 10.1 Å². The van der Waals surface area contributed by atoms with Gasteiger partial charge in [-0.25, -0.2) is 5.43 Å². The standard InChI is InChI=1S/C24H20N8O2/c33-32(34)21-16-8-7-10-18(21)11-9-17-25-31-24-29-22(26-19-12-3-1-4-13-19)28-23(30-24)27-20-14-5-2-6-15-20/h1-17H,(H3,26,27,28,29,30,31)/b11-9+,25-17+. The smallest absolute Gasteiger partial charge is 0.276 e. The lowest BCUT2D eigenvalue weighted by atomic mass is 10.2. The molecule has 0 amide bonds. The first-order valence-corrected chi connectivity index (χ1v) is 10.3. The summed E-state index contributed by atoms with van der Waals surface area (Å²) >= 11 is 0. The van der Waals surface area contributed by atoms with Crippen LogP contribution in [0.5, 0.6) is 0 Å². The van der Waals surface area contributed by atoms with Gasteiger partial charge in [0, 0.05) is 23.7 Å². The van der Waals surface area contributed by atoms with Crippen LogP contribution in [0.15, 0.2) is 96.1 Å². The molecule has 10 heteroatoms. The third-order valence-corrected chi connectivity index (χ3v) is 4.43. The maximum atomic E-state index is 11.1. The van der Waals surface area contributed by atoms with Gasteiger partial charge in [-0.1, -0.05) is 48.5 Å². The molecule has 0 radical (unpaired) electrons. The van der Waals surface area contributed by atoms with Crippen LogP contribution in [0.3, 0.4) is 0 Å². The first-order valence-electron chi connectivity index (χ1n) is 10.3. The number of allylic oxidation sites excluding steroid dienone is 1. The summed E-state index contributed by atoms with van der Waals surface area (Å²) in [6, 6.07) is 25.5. The number of aromatic nitrogens is 3. The highest BCUT2D eigenvalue weighted by Gasteiger charge is 2.09. The topological polar surface area (TPSA) is 130 Å². The fraction of sp³-hybridized carbons (Fsp3) is 0. The molecule has 34 heavy (non-hydrogen) atoms. The third kappa shape index (κ3) is 6.20. The molecule has 0 aliphatic carbocycles. The molecule has 0 saturated carbocycles. The van der Waals surface area contributed by atoms with Crippen LogP contribution in [-0.2, 0) is 0 Å². The molecular formula is C24H20N8O2. The Bertz CT molecular complexity index is 1250. The van der Waals surface area contributed by atoms with E-state index in [1.54, 1.807) is 30.4 Å². The number of nitro benzene ring substituents is 1. The van der Waals surface area contributed by atoms with Gasteiger partial charge in [-0.2, -0.15) is 20.1 Å². The van der Waals surface area contributed by atoms with Gasteiger partial charge in [-0.05, 0) is 42.5 Å². The lowest BCUT2D eigenvalue weighted by Crippen LogP contribution is -2.07. The summed E-state index contributed by atoms with van der Waals surface area (Å²) in [6.45, 7) is 0. The number of nitrogens with one attached hydrogen (secondary N) is 3. The van der Waals surface area contributed by atoms with Gasteiger partial charge in [0.1, 0.15) is 0 Å². The number of hydrogen-bond donors (Lipinski definition) is 3. The molecule has 0 aliphatic rings. The molecule has 1 aromatic heterocycles. The van der Waals surface area contributed by atoms with Gasteiger partial charge in [0.2, 0.25) is 17.8 Å². The van der Waals surface area contributed by atoms with Crippen molar-refractivity contribution in [1.29, 1.82) is 0 Å². The summed E-state index contributed by atoms with van der Waals surface area (Å²) in [6.07, 6.45) is 4.64. The minimum atomic E-state index is -0.428. The fourth-order valence-electron chi connectivity index (χ4n) is 2.92. The Hall–Kier alpha value is -5.12. The lowest BCUT2D eigenvalue weighted by molar-refractivity contribution is -0.385. The molecule has 10 nitrogen and oxygen atoms in total. The van der Waals surface area contributed by atoms with Crippen molar-refractivity contribution in [2.75, 3.05) is 16.1 Å². The molecule has 0 spiro atoms. The first kappa shape index (κ1) is 22.1. The molecule has 0 aliphatic heterocycles. The lowest BCUT2D eigenvalue weighted by Gasteiger charge is -2.10. The molecule has 0 fully saturated rings. The van der Waals surface area contributed by atoms with Crippen LogP contribution in [0, 0.1) is 10.1 Å². The van der Waals surface area contributed by atoms with E-state index < -0.39 is 4.92 Å². The molecule has 4 aromatic rings. The molecular weight excluding hydrogens is 432 g/mol. The minimum Gasteiger partial charge on any atom is -0.324 e.